The molecule has 0 aromatic heterocycles. The zero-order valence-corrected chi connectivity index (χ0v) is 13.4. The Morgan fingerprint density at radius 3 is 2.00 bits per heavy atom. The van der Waals surface area contributed by atoms with E-state index < -0.39 is 12.3 Å². The summed E-state index contributed by atoms with van der Waals surface area (Å²) >= 11 is 5.86. The third-order valence-corrected chi connectivity index (χ3v) is 3.31. The normalized spacial score (nSPS) is 12.4. The molecular formula is C18H12ClF3O3. The molecule has 25 heavy (non-hydrogen) atoms. The molecule has 2 rings (SSSR count). The molecule has 2 aromatic rings. The van der Waals surface area contributed by atoms with Crippen molar-refractivity contribution in [2.24, 2.45) is 0 Å². The second-order valence-corrected chi connectivity index (χ2v) is 5.29. The fourth-order valence-electron chi connectivity index (χ4n) is 2.05. The highest BCUT2D eigenvalue weighted by atomic mass is 35.5. The van der Waals surface area contributed by atoms with Crippen LogP contribution in [0.15, 0.2) is 66.8 Å². The van der Waals surface area contributed by atoms with Crippen molar-refractivity contribution in [1.29, 1.82) is 0 Å². The van der Waals surface area contributed by atoms with Crippen molar-refractivity contribution in [3.05, 3.63) is 82.9 Å². The van der Waals surface area contributed by atoms with Gasteiger partial charge >= 0.3 is 12.3 Å². The fourth-order valence-corrected chi connectivity index (χ4v) is 2.18. The predicted molar refractivity (Wildman–Crippen MR) is 88.4 cm³/mol. The molecule has 0 bridgehead atoms. The van der Waals surface area contributed by atoms with Crippen LogP contribution in [0.25, 0.3) is 5.57 Å². The standard InChI is InChI=1S/C18H12ClF3O3/c19-14-8-4-12(5-9-14)16(2-1-3-17(23)24)13-6-10-15(11-7-13)25-18(20,21)22/h1-11H,(H,23,24)/b3-1+,16-2-. The van der Waals surface area contributed by atoms with Crippen LogP contribution >= 0.6 is 11.6 Å². The highest BCUT2D eigenvalue weighted by molar-refractivity contribution is 6.30. The second kappa shape index (κ2) is 7.90. The number of benzene rings is 2. The van der Waals surface area contributed by atoms with Crippen LogP contribution in [0.2, 0.25) is 5.02 Å². The summed E-state index contributed by atoms with van der Waals surface area (Å²) in [5.74, 6) is -1.45. The van der Waals surface area contributed by atoms with Gasteiger partial charge in [-0.1, -0.05) is 48.0 Å². The van der Waals surface area contributed by atoms with Crippen LogP contribution in [0.3, 0.4) is 0 Å². The average molecular weight is 369 g/mol. The summed E-state index contributed by atoms with van der Waals surface area (Å²) in [4.78, 5) is 10.6. The van der Waals surface area contributed by atoms with E-state index in [4.69, 9.17) is 16.7 Å². The lowest BCUT2D eigenvalue weighted by Crippen LogP contribution is -2.17. The minimum atomic E-state index is -4.76. The Bertz CT molecular complexity index is 792. The smallest absolute Gasteiger partial charge is 0.478 e. The third kappa shape index (κ3) is 6.00. The number of carboxylic acid groups (broad SMARTS) is 1. The van der Waals surface area contributed by atoms with Crippen LogP contribution in [0.1, 0.15) is 11.1 Å². The molecular weight excluding hydrogens is 357 g/mol. The Morgan fingerprint density at radius 1 is 1.00 bits per heavy atom. The first kappa shape index (κ1) is 18.6. The van der Waals surface area contributed by atoms with Crippen molar-refractivity contribution in [1.82, 2.24) is 0 Å². The first-order valence-electron chi connectivity index (χ1n) is 6.98. The molecule has 0 spiro atoms. The van der Waals surface area contributed by atoms with Gasteiger partial charge < -0.3 is 9.84 Å². The molecule has 1 N–H and O–H groups in total. The van der Waals surface area contributed by atoms with E-state index in [1.807, 2.05) is 0 Å². The van der Waals surface area contributed by atoms with Gasteiger partial charge in [0, 0.05) is 11.1 Å². The van der Waals surface area contributed by atoms with Gasteiger partial charge in [0.2, 0.25) is 0 Å². The number of allylic oxidation sites excluding steroid dienone is 2. The van der Waals surface area contributed by atoms with E-state index in [-0.39, 0.29) is 5.75 Å². The Kier molecular flexibility index (Phi) is 5.88. The van der Waals surface area contributed by atoms with Gasteiger partial charge in [-0.05, 0) is 41.0 Å². The van der Waals surface area contributed by atoms with Crippen molar-refractivity contribution < 1.29 is 27.8 Å². The van der Waals surface area contributed by atoms with E-state index in [9.17, 15) is 18.0 Å². The monoisotopic (exact) mass is 368 g/mol. The molecule has 7 heteroatoms. The highest BCUT2D eigenvalue weighted by Crippen LogP contribution is 2.28. The molecule has 0 aliphatic heterocycles. The summed E-state index contributed by atoms with van der Waals surface area (Å²) in [6.07, 6.45) is -0.916. The van der Waals surface area contributed by atoms with E-state index in [0.29, 0.717) is 16.2 Å². The van der Waals surface area contributed by atoms with Gasteiger partial charge in [0.25, 0.3) is 0 Å². The molecule has 0 aliphatic rings. The second-order valence-electron chi connectivity index (χ2n) is 4.86. The number of hydrogen-bond donors (Lipinski definition) is 1. The van der Waals surface area contributed by atoms with Gasteiger partial charge in [-0.2, -0.15) is 0 Å². The van der Waals surface area contributed by atoms with Gasteiger partial charge in [0.05, 0.1) is 0 Å². The van der Waals surface area contributed by atoms with Crippen molar-refractivity contribution in [2.75, 3.05) is 0 Å². The van der Waals surface area contributed by atoms with Crippen molar-refractivity contribution in [3.63, 3.8) is 0 Å². The van der Waals surface area contributed by atoms with E-state index in [2.05, 4.69) is 4.74 Å². The van der Waals surface area contributed by atoms with Crippen LogP contribution in [0, 0.1) is 0 Å². The lowest BCUT2D eigenvalue weighted by atomic mass is 9.97. The number of aliphatic carboxylic acids is 1. The quantitative estimate of drug-likeness (QED) is 0.574. The van der Waals surface area contributed by atoms with Crippen LogP contribution < -0.4 is 4.74 Å². The number of carbonyl (C=O) groups is 1. The minimum Gasteiger partial charge on any atom is -0.478 e. The summed E-state index contributed by atoms with van der Waals surface area (Å²) in [5, 5.41) is 9.22. The summed E-state index contributed by atoms with van der Waals surface area (Å²) in [6, 6.07) is 12.1. The van der Waals surface area contributed by atoms with E-state index in [1.165, 1.54) is 30.3 Å². The molecule has 130 valence electrons. The summed E-state index contributed by atoms with van der Waals surface area (Å²) < 4.78 is 40.5. The molecule has 0 saturated heterocycles. The molecule has 0 unspecified atom stereocenters. The summed E-state index contributed by atoms with van der Waals surface area (Å²) in [7, 11) is 0. The summed E-state index contributed by atoms with van der Waals surface area (Å²) in [5.41, 5.74) is 1.93. The fraction of sp³-hybridized carbons (Fsp3) is 0.0556. The lowest BCUT2D eigenvalue weighted by molar-refractivity contribution is -0.274. The van der Waals surface area contributed by atoms with E-state index in [0.717, 1.165) is 11.6 Å². The largest absolute Gasteiger partial charge is 0.573 e. The Hall–Kier alpha value is -2.73. The Balaban J connectivity index is 2.38. The van der Waals surface area contributed by atoms with Gasteiger partial charge in [0.15, 0.2) is 0 Å². The van der Waals surface area contributed by atoms with Crippen LogP contribution in [-0.2, 0) is 4.79 Å². The molecule has 0 amide bonds. The van der Waals surface area contributed by atoms with Crippen LogP contribution in [0.4, 0.5) is 13.2 Å². The maximum Gasteiger partial charge on any atom is 0.573 e. The van der Waals surface area contributed by atoms with Gasteiger partial charge in [0.1, 0.15) is 5.75 Å². The Labute approximate surface area is 146 Å². The van der Waals surface area contributed by atoms with Gasteiger partial charge in [-0.3, -0.25) is 0 Å². The number of ether oxygens (including phenoxy) is 1. The maximum atomic E-state index is 12.2. The zero-order valence-electron chi connectivity index (χ0n) is 12.6. The number of carboxylic acids is 1. The number of hydrogen-bond acceptors (Lipinski definition) is 2. The van der Waals surface area contributed by atoms with Crippen molar-refractivity contribution >= 4 is 23.1 Å². The molecule has 3 nitrogen and oxygen atoms in total. The molecule has 0 aliphatic carbocycles. The molecule has 0 saturated carbocycles. The first-order valence-corrected chi connectivity index (χ1v) is 7.36. The minimum absolute atomic E-state index is 0.340. The van der Waals surface area contributed by atoms with E-state index >= 15 is 0 Å². The first-order chi connectivity index (χ1) is 11.7. The Morgan fingerprint density at radius 2 is 1.52 bits per heavy atom. The molecule has 0 heterocycles. The maximum absolute atomic E-state index is 12.2. The van der Waals surface area contributed by atoms with Gasteiger partial charge in [-0.15, -0.1) is 13.2 Å². The average Bonchev–Trinajstić information content (AvgIpc) is 2.52. The topological polar surface area (TPSA) is 46.5 Å². The number of halogens is 4. The molecule has 2 aromatic carbocycles. The van der Waals surface area contributed by atoms with Crippen LogP contribution in [-0.4, -0.2) is 17.4 Å². The van der Waals surface area contributed by atoms with E-state index in [1.54, 1.807) is 30.3 Å². The summed E-state index contributed by atoms with van der Waals surface area (Å²) in [6.45, 7) is 0. The molecule has 0 atom stereocenters. The van der Waals surface area contributed by atoms with Crippen molar-refractivity contribution in [2.45, 2.75) is 6.36 Å². The molecule has 0 fully saturated rings. The predicted octanol–water partition coefficient (Wildman–Crippen LogP) is 5.31. The lowest BCUT2D eigenvalue weighted by Gasteiger charge is -2.11. The van der Waals surface area contributed by atoms with Gasteiger partial charge in [-0.25, -0.2) is 4.79 Å². The van der Waals surface area contributed by atoms with Crippen molar-refractivity contribution in [3.8, 4) is 5.75 Å². The SMILES string of the molecule is O=C(O)/C=C/C=C(/c1ccc(Cl)cc1)c1ccc(OC(F)(F)F)cc1. The number of alkyl halides is 3. The number of rotatable bonds is 5. The zero-order chi connectivity index (χ0) is 18.4. The third-order valence-electron chi connectivity index (χ3n) is 3.06. The highest BCUT2D eigenvalue weighted by Gasteiger charge is 2.30. The van der Waals surface area contributed by atoms with Crippen LogP contribution in [0.5, 0.6) is 5.75 Å². The molecule has 0 radical (unpaired) electrons.